The topological polar surface area (TPSA) is 43.8 Å². The zero-order valence-corrected chi connectivity index (χ0v) is 10.9. The van der Waals surface area contributed by atoms with Crippen LogP contribution in [0.15, 0.2) is 0 Å². The SMILES string of the molecule is CCCN(CCC)C(=O)CN(CC)CCO. The van der Waals surface area contributed by atoms with Crippen molar-refractivity contribution >= 4 is 5.91 Å². The maximum Gasteiger partial charge on any atom is 0.236 e. The summed E-state index contributed by atoms with van der Waals surface area (Å²) < 4.78 is 0. The van der Waals surface area contributed by atoms with Crippen LogP contribution in [0, 0.1) is 0 Å². The minimum absolute atomic E-state index is 0.114. The van der Waals surface area contributed by atoms with Crippen molar-refractivity contribution in [1.82, 2.24) is 9.80 Å². The van der Waals surface area contributed by atoms with Gasteiger partial charge in [-0.25, -0.2) is 0 Å². The predicted octanol–water partition coefficient (Wildman–Crippen LogP) is 0.949. The average molecular weight is 230 g/mol. The lowest BCUT2D eigenvalue weighted by Crippen LogP contribution is -2.42. The molecule has 0 radical (unpaired) electrons. The summed E-state index contributed by atoms with van der Waals surface area (Å²) in [6, 6.07) is 0. The Bertz CT molecular complexity index is 180. The molecule has 4 nitrogen and oxygen atoms in total. The number of hydrogen-bond donors (Lipinski definition) is 1. The minimum atomic E-state index is 0.114. The van der Waals surface area contributed by atoms with E-state index in [-0.39, 0.29) is 12.5 Å². The lowest BCUT2D eigenvalue weighted by molar-refractivity contribution is -0.132. The average Bonchev–Trinajstić information content (AvgIpc) is 2.28. The van der Waals surface area contributed by atoms with E-state index < -0.39 is 0 Å². The van der Waals surface area contributed by atoms with Gasteiger partial charge in [0.1, 0.15) is 0 Å². The monoisotopic (exact) mass is 230 g/mol. The summed E-state index contributed by atoms with van der Waals surface area (Å²) in [6.45, 7) is 9.77. The van der Waals surface area contributed by atoms with Crippen LogP contribution in [-0.2, 0) is 4.79 Å². The summed E-state index contributed by atoms with van der Waals surface area (Å²) in [5.41, 5.74) is 0. The van der Waals surface area contributed by atoms with E-state index in [0.29, 0.717) is 13.1 Å². The Hall–Kier alpha value is -0.610. The van der Waals surface area contributed by atoms with Gasteiger partial charge in [0.15, 0.2) is 0 Å². The Balaban J connectivity index is 4.14. The molecule has 96 valence electrons. The van der Waals surface area contributed by atoms with Gasteiger partial charge in [0.05, 0.1) is 13.2 Å². The van der Waals surface area contributed by atoms with Crippen molar-refractivity contribution in [3.8, 4) is 0 Å². The molecule has 0 aromatic rings. The standard InChI is InChI=1S/C12H26N2O2/c1-4-7-14(8-5-2)12(16)11-13(6-3)9-10-15/h15H,4-11H2,1-3H3. The molecule has 0 spiro atoms. The number of hydrogen-bond acceptors (Lipinski definition) is 3. The summed E-state index contributed by atoms with van der Waals surface area (Å²) in [5.74, 6) is 0.180. The molecule has 0 aliphatic rings. The normalized spacial score (nSPS) is 10.8. The zero-order valence-electron chi connectivity index (χ0n) is 10.9. The Labute approximate surface area is 99.2 Å². The number of carbonyl (C=O) groups is 1. The lowest BCUT2D eigenvalue weighted by Gasteiger charge is -2.25. The van der Waals surface area contributed by atoms with E-state index in [9.17, 15) is 4.79 Å². The molecule has 0 heterocycles. The fraction of sp³-hybridized carbons (Fsp3) is 0.917. The largest absolute Gasteiger partial charge is 0.395 e. The van der Waals surface area contributed by atoms with Gasteiger partial charge in [0.25, 0.3) is 0 Å². The van der Waals surface area contributed by atoms with Gasteiger partial charge in [-0.15, -0.1) is 0 Å². The number of likely N-dealkylation sites (N-methyl/N-ethyl adjacent to an activating group) is 1. The van der Waals surface area contributed by atoms with Crippen LogP contribution in [0.25, 0.3) is 0 Å². The first kappa shape index (κ1) is 15.4. The fourth-order valence-corrected chi connectivity index (χ4v) is 1.68. The van der Waals surface area contributed by atoms with Crippen LogP contribution in [-0.4, -0.2) is 60.1 Å². The summed E-state index contributed by atoms with van der Waals surface area (Å²) in [6.07, 6.45) is 2.00. The third-order valence-electron chi connectivity index (χ3n) is 2.56. The molecule has 0 aromatic heterocycles. The van der Waals surface area contributed by atoms with Crippen molar-refractivity contribution in [1.29, 1.82) is 0 Å². The molecular formula is C12H26N2O2. The van der Waals surface area contributed by atoms with E-state index >= 15 is 0 Å². The van der Waals surface area contributed by atoms with Gasteiger partial charge in [0, 0.05) is 19.6 Å². The number of amides is 1. The van der Waals surface area contributed by atoms with Crippen LogP contribution < -0.4 is 0 Å². The van der Waals surface area contributed by atoms with Gasteiger partial charge in [0.2, 0.25) is 5.91 Å². The molecule has 0 aliphatic heterocycles. The van der Waals surface area contributed by atoms with E-state index in [2.05, 4.69) is 13.8 Å². The van der Waals surface area contributed by atoms with Gasteiger partial charge in [-0.2, -0.15) is 0 Å². The molecular weight excluding hydrogens is 204 g/mol. The van der Waals surface area contributed by atoms with E-state index in [1.54, 1.807) is 0 Å². The third-order valence-corrected chi connectivity index (χ3v) is 2.56. The van der Waals surface area contributed by atoms with Gasteiger partial charge < -0.3 is 10.0 Å². The van der Waals surface area contributed by atoms with Crippen LogP contribution in [0.3, 0.4) is 0 Å². The third kappa shape index (κ3) is 6.08. The second-order valence-electron chi connectivity index (χ2n) is 3.97. The molecule has 16 heavy (non-hydrogen) atoms. The molecule has 0 saturated heterocycles. The number of aliphatic hydroxyl groups is 1. The molecule has 1 N–H and O–H groups in total. The molecule has 0 bridgehead atoms. The first-order valence-corrected chi connectivity index (χ1v) is 6.30. The van der Waals surface area contributed by atoms with Crippen molar-refractivity contribution in [2.45, 2.75) is 33.6 Å². The molecule has 0 saturated carbocycles. The maximum absolute atomic E-state index is 12.0. The maximum atomic E-state index is 12.0. The number of rotatable bonds is 9. The lowest BCUT2D eigenvalue weighted by atomic mass is 10.3. The van der Waals surface area contributed by atoms with Crippen LogP contribution >= 0.6 is 0 Å². The van der Waals surface area contributed by atoms with E-state index in [1.807, 2.05) is 16.7 Å². The molecule has 0 fully saturated rings. The second-order valence-corrected chi connectivity index (χ2v) is 3.97. The minimum Gasteiger partial charge on any atom is -0.395 e. The zero-order chi connectivity index (χ0) is 12.4. The van der Waals surface area contributed by atoms with Gasteiger partial charge >= 0.3 is 0 Å². The van der Waals surface area contributed by atoms with Gasteiger partial charge in [-0.3, -0.25) is 9.69 Å². The molecule has 0 unspecified atom stereocenters. The summed E-state index contributed by atoms with van der Waals surface area (Å²) in [5, 5.41) is 8.86. The molecule has 4 heteroatoms. The fourth-order valence-electron chi connectivity index (χ4n) is 1.68. The van der Waals surface area contributed by atoms with Crippen molar-refractivity contribution in [3.05, 3.63) is 0 Å². The molecule has 0 aliphatic carbocycles. The highest BCUT2D eigenvalue weighted by Crippen LogP contribution is 1.98. The summed E-state index contributed by atoms with van der Waals surface area (Å²) >= 11 is 0. The smallest absolute Gasteiger partial charge is 0.236 e. The number of nitrogens with zero attached hydrogens (tertiary/aromatic N) is 2. The van der Waals surface area contributed by atoms with Crippen LogP contribution in [0.2, 0.25) is 0 Å². The summed E-state index contributed by atoms with van der Waals surface area (Å²) in [4.78, 5) is 15.9. The van der Waals surface area contributed by atoms with Crippen LogP contribution in [0.4, 0.5) is 0 Å². The Kier molecular flexibility index (Phi) is 9.24. The highest BCUT2D eigenvalue weighted by molar-refractivity contribution is 5.78. The van der Waals surface area contributed by atoms with E-state index in [1.165, 1.54) is 0 Å². The summed E-state index contributed by atoms with van der Waals surface area (Å²) in [7, 11) is 0. The molecule has 1 amide bonds. The van der Waals surface area contributed by atoms with Crippen molar-refractivity contribution < 1.29 is 9.90 Å². The first-order valence-electron chi connectivity index (χ1n) is 6.30. The quantitative estimate of drug-likeness (QED) is 0.641. The van der Waals surface area contributed by atoms with Crippen molar-refractivity contribution in [2.75, 3.05) is 39.3 Å². The van der Waals surface area contributed by atoms with E-state index in [4.69, 9.17) is 5.11 Å². The van der Waals surface area contributed by atoms with Gasteiger partial charge in [-0.05, 0) is 19.4 Å². The van der Waals surface area contributed by atoms with Crippen LogP contribution in [0.5, 0.6) is 0 Å². The van der Waals surface area contributed by atoms with Gasteiger partial charge in [-0.1, -0.05) is 20.8 Å². The Morgan fingerprint density at radius 3 is 2.00 bits per heavy atom. The molecule has 0 atom stereocenters. The van der Waals surface area contributed by atoms with Crippen molar-refractivity contribution in [2.24, 2.45) is 0 Å². The highest BCUT2D eigenvalue weighted by atomic mass is 16.3. The first-order chi connectivity index (χ1) is 7.69. The number of carbonyl (C=O) groups excluding carboxylic acids is 1. The Morgan fingerprint density at radius 2 is 1.62 bits per heavy atom. The predicted molar refractivity (Wildman–Crippen MR) is 66.4 cm³/mol. The van der Waals surface area contributed by atoms with Crippen LogP contribution in [0.1, 0.15) is 33.6 Å². The second kappa shape index (κ2) is 9.60. The Morgan fingerprint density at radius 1 is 1.06 bits per heavy atom. The number of aliphatic hydroxyl groups excluding tert-OH is 1. The highest BCUT2D eigenvalue weighted by Gasteiger charge is 2.14. The molecule has 0 aromatic carbocycles. The van der Waals surface area contributed by atoms with E-state index in [0.717, 1.165) is 32.5 Å². The van der Waals surface area contributed by atoms with Crippen molar-refractivity contribution in [3.63, 3.8) is 0 Å². The molecule has 0 rings (SSSR count).